The van der Waals surface area contributed by atoms with Gasteiger partial charge < -0.3 is 5.32 Å². The third-order valence-corrected chi connectivity index (χ3v) is 4.21. The van der Waals surface area contributed by atoms with E-state index in [1.54, 1.807) is 0 Å². The fourth-order valence-electron chi connectivity index (χ4n) is 2.80. The highest BCUT2D eigenvalue weighted by molar-refractivity contribution is 5.00. The summed E-state index contributed by atoms with van der Waals surface area (Å²) in [7, 11) is 2.26. The minimum atomic E-state index is 0.566. The molecule has 0 spiro atoms. The first kappa shape index (κ1) is 15.7. The lowest BCUT2D eigenvalue weighted by molar-refractivity contribution is 0.134. The van der Waals surface area contributed by atoms with Gasteiger partial charge in [0, 0.05) is 19.1 Å². The molecule has 1 N–H and O–H groups in total. The van der Waals surface area contributed by atoms with E-state index in [9.17, 15) is 0 Å². The molecular formula is C16H32N2. The Morgan fingerprint density at radius 3 is 2.50 bits per heavy atom. The van der Waals surface area contributed by atoms with E-state index in [0.717, 1.165) is 25.7 Å². The van der Waals surface area contributed by atoms with Crippen LogP contribution in [0.25, 0.3) is 0 Å². The second kappa shape index (κ2) is 7.30. The highest BCUT2D eigenvalue weighted by atomic mass is 15.1. The summed E-state index contributed by atoms with van der Waals surface area (Å²) in [4.78, 5) is 2.51. The molecule has 18 heavy (non-hydrogen) atoms. The zero-order valence-corrected chi connectivity index (χ0v) is 12.9. The van der Waals surface area contributed by atoms with Crippen LogP contribution in [0, 0.1) is 5.41 Å². The maximum absolute atomic E-state index is 4.19. The number of nitrogens with one attached hydrogen (secondary N) is 1. The van der Waals surface area contributed by atoms with Crippen LogP contribution < -0.4 is 5.32 Å². The van der Waals surface area contributed by atoms with Crippen LogP contribution in [0.2, 0.25) is 0 Å². The Morgan fingerprint density at radius 1 is 1.33 bits per heavy atom. The summed E-state index contributed by atoms with van der Waals surface area (Å²) in [5.41, 5.74) is 1.88. The van der Waals surface area contributed by atoms with Crippen LogP contribution >= 0.6 is 0 Å². The molecule has 0 aromatic rings. The van der Waals surface area contributed by atoms with Gasteiger partial charge in [-0.2, -0.15) is 0 Å². The smallest absolute Gasteiger partial charge is 0.0202 e. The molecule has 2 heteroatoms. The quantitative estimate of drug-likeness (QED) is 0.551. The Hall–Kier alpha value is -0.340. The second-order valence-corrected chi connectivity index (χ2v) is 6.74. The summed E-state index contributed by atoms with van der Waals surface area (Å²) in [5.74, 6) is 0. The van der Waals surface area contributed by atoms with Crippen LogP contribution in [0.4, 0.5) is 0 Å². The van der Waals surface area contributed by atoms with Gasteiger partial charge in [-0.05, 0) is 56.7 Å². The zero-order chi connectivity index (χ0) is 13.6. The summed E-state index contributed by atoms with van der Waals surface area (Å²) < 4.78 is 0. The maximum atomic E-state index is 4.19. The van der Waals surface area contributed by atoms with Crippen LogP contribution in [0.3, 0.4) is 0 Å². The lowest BCUT2D eigenvalue weighted by Crippen LogP contribution is -2.39. The number of likely N-dealkylation sites (N-methyl/N-ethyl adjacent to an activating group) is 1. The first-order valence-corrected chi connectivity index (χ1v) is 7.52. The molecule has 0 heterocycles. The average Bonchev–Trinajstić information content (AvgIpc) is 2.29. The molecule has 1 saturated carbocycles. The Bertz CT molecular complexity index is 248. The van der Waals surface area contributed by atoms with Crippen molar-refractivity contribution in [2.24, 2.45) is 5.41 Å². The van der Waals surface area contributed by atoms with E-state index in [4.69, 9.17) is 0 Å². The molecule has 2 nitrogen and oxygen atoms in total. The molecule has 0 saturated heterocycles. The fourth-order valence-corrected chi connectivity index (χ4v) is 2.80. The lowest BCUT2D eigenvalue weighted by atomic mass is 9.75. The van der Waals surface area contributed by atoms with Crippen molar-refractivity contribution in [3.63, 3.8) is 0 Å². The maximum Gasteiger partial charge on any atom is 0.0202 e. The van der Waals surface area contributed by atoms with Crippen LogP contribution in [-0.4, -0.2) is 37.6 Å². The average molecular weight is 252 g/mol. The summed E-state index contributed by atoms with van der Waals surface area (Å²) in [5, 5.41) is 3.43. The minimum absolute atomic E-state index is 0.566. The molecule has 106 valence electrons. The van der Waals surface area contributed by atoms with Crippen molar-refractivity contribution in [3.05, 3.63) is 12.2 Å². The van der Waals surface area contributed by atoms with Gasteiger partial charge in [0.25, 0.3) is 0 Å². The molecule has 0 amide bonds. The standard InChI is InChI=1S/C16H32N2/c1-6-11-17-12-14(2)13-18(5)15-7-9-16(3,4)10-8-15/h15,17H,2,6-13H2,1,3-5H3. The Morgan fingerprint density at radius 2 is 1.94 bits per heavy atom. The van der Waals surface area contributed by atoms with Gasteiger partial charge in [0.2, 0.25) is 0 Å². The topological polar surface area (TPSA) is 15.3 Å². The fraction of sp³-hybridized carbons (Fsp3) is 0.875. The molecule has 0 bridgehead atoms. The van der Waals surface area contributed by atoms with Gasteiger partial charge in [-0.15, -0.1) is 0 Å². The molecule has 1 aliphatic rings. The number of rotatable bonds is 7. The third-order valence-electron chi connectivity index (χ3n) is 4.21. The first-order valence-electron chi connectivity index (χ1n) is 7.52. The highest BCUT2D eigenvalue weighted by Crippen LogP contribution is 2.36. The van der Waals surface area contributed by atoms with E-state index >= 15 is 0 Å². The zero-order valence-electron chi connectivity index (χ0n) is 12.9. The van der Waals surface area contributed by atoms with Gasteiger partial charge in [-0.1, -0.05) is 27.4 Å². The van der Waals surface area contributed by atoms with Crippen molar-refractivity contribution in [2.45, 2.75) is 58.9 Å². The number of nitrogens with zero attached hydrogens (tertiary/aromatic N) is 1. The van der Waals surface area contributed by atoms with Gasteiger partial charge in [0.05, 0.1) is 0 Å². The summed E-state index contributed by atoms with van der Waals surface area (Å²) in [6.45, 7) is 14.3. The van der Waals surface area contributed by atoms with Crippen LogP contribution in [0.5, 0.6) is 0 Å². The van der Waals surface area contributed by atoms with E-state index in [1.165, 1.54) is 37.7 Å². The SMILES string of the molecule is C=C(CNCCC)CN(C)C1CCC(C)(C)CC1. The predicted octanol–water partition coefficient (Wildman–Crippen LogP) is 3.44. The van der Waals surface area contributed by atoms with Gasteiger partial charge in [-0.3, -0.25) is 4.90 Å². The van der Waals surface area contributed by atoms with E-state index < -0.39 is 0 Å². The van der Waals surface area contributed by atoms with E-state index in [1.807, 2.05) is 0 Å². The van der Waals surface area contributed by atoms with Gasteiger partial charge in [-0.25, -0.2) is 0 Å². The molecule has 1 rings (SSSR count). The van der Waals surface area contributed by atoms with Gasteiger partial charge >= 0.3 is 0 Å². The normalized spacial score (nSPS) is 20.3. The molecule has 0 unspecified atom stereocenters. The molecular weight excluding hydrogens is 220 g/mol. The van der Waals surface area contributed by atoms with E-state index in [0.29, 0.717) is 5.41 Å². The van der Waals surface area contributed by atoms with Crippen LogP contribution in [0.15, 0.2) is 12.2 Å². The summed E-state index contributed by atoms with van der Waals surface area (Å²) in [6, 6.07) is 0.765. The van der Waals surface area contributed by atoms with Gasteiger partial charge in [0.1, 0.15) is 0 Å². The molecule has 0 aliphatic heterocycles. The summed E-state index contributed by atoms with van der Waals surface area (Å²) >= 11 is 0. The van der Waals surface area contributed by atoms with Crippen molar-refractivity contribution in [2.75, 3.05) is 26.7 Å². The lowest BCUT2D eigenvalue weighted by Gasteiger charge is -2.38. The molecule has 1 aliphatic carbocycles. The molecule has 0 aromatic heterocycles. The Labute approximate surface area is 114 Å². The molecule has 0 aromatic carbocycles. The van der Waals surface area contributed by atoms with Crippen LogP contribution in [-0.2, 0) is 0 Å². The van der Waals surface area contributed by atoms with Crippen molar-refractivity contribution < 1.29 is 0 Å². The van der Waals surface area contributed by atoms with Crippen molar-refractivity contribution in [1.29, 1.82) is 0 Å². The van der Waals surface area contributed by atoms with Crippen LogP contribution in [0.1, 0.15) is 52.9 Å². The molecule has 1 fully saturated rings. The Kier molecular flexibility index (Phi) is 6.37. The Balaban J connectivity index is 2.24. The van der Waals surface area contributed by atoms with Gasteiger partial charge in [0.15, 0.2) is 0 Å². The number of hydrogen-bond acceptors (Lipinski definition) is 2. The number of hydrogen-bond donors (Lipinski definition) is 1. The van der Waals surface area contributed by atoms with Crippen molar-refractivity contribution in [1.82, 2.24) is 10.2 Å². The summed E-state index contributed by atoms with van der Waals surface area (Å²) in [6.07, 6.45) is 6.62. The predicted molar refractivity (Wildman–Crippen MR) is 81.0 cm³/mol. The largest absolute Gasteiger partial charge is 0.313 e. The minimum Gasteiger partial charge on any atom is -0.313 e. The van der Waals surface area contributed by atoms with E-state index in [-0.39, 0.29) is 0 Å². The molecule has 0 atom stereocenters. The third kappa shape index (κ3) is 5.53. The van der Waals surface area contributed by atoms with E-state index in [2.05, 4.69) is 44.6 Å². The monoisotopic (exact) mass is 252 g/mol. The van der Waals surface area contributed by atoms with Crippen molar-refractivity contribution >= 4 is 0 Å². The highest BCUT2D eigenvalue weighted by Gasteiger charge is 2.28. The molecule has 0 radical (unpaired) electrons. The van der Waals surface area contributed by atoms with Crippen molar-refractivity contribution in [3.8, 4) is 0 Å². The first-order chi connectivity index (χ1) is 8.44. The second-order valence-electron chi connectivity index (χ2n) is 6.74.